The molecule has 1 aromatic heterocycles. The van der Waals surface area contributed by atoms with Gasteiger partial charge in [-0.1, -0.05) is 11.6 Å². The zero-order valence-electron chi connectivity index (χ0n) is 10.1. The summed E-state index contributed by atoms with van der Waals surface area (Å²) in [6.07, 6.45) is 1.09. The van der Waals surface area contributed by atoms with Gasteiger partial charge in [0.25, 0.3) is 5.56 Å². The molecule has 0 saturated carbocycles. The van der Waals surface area contributed by atoms with Gasteiger partial charge in [-0.3, -0.25) is 4.79 Å². The SMILES string of the molecule is CC(C)N(CCO)S(=O)(=O)c1c[nH]c(=O)c(Cl)c1. The number of pyridine rings is 1. The number of nitrogens with zero attached hydrogens (tertiary/aromatic N) is 1. The first-order valence-corrected chi connectivity index (χ1v) is 7.13. The van der Waals surface area contributed by atoms with Crippen molar-refractivity contribution in [2.75, 3.05) is 13.2 Å². The molecule has 6 nitrogen and oxygen atoms in total. The van der Waals surface area contributed by atoms with Gasteiger partial charge in [0.15, 0.2) is 0 Å². The molecule has 0 saturated heterocycles. The van der Waals surface area contributed by atoms with Crippen molar-refractivity contribution in [3.8, 4) is 0 Å². The van der Waals surface area contributed by atoms with Crippen LogP contribution >= 0.6 is 11.6 Å². The first-order chi connectivity index (χ1) is 8.30. The Morgan fingerprint density at radius 1 is 1.50 bits per heavy atom. The Hall–Kier alpha value is -0.890. The van der Waals surface area contributed by atoms with Crippen molar-refractivity contribution >= 4 is 21.6 Å². The molecule has 0 fully saturated rings. The molecule has 2 N–H and O–H groups in total. The van der Waals surface area contributed by atoms with E-state index >= 15 is 0 Å². The highest BCUT2D eigenvalue weighted by Gasteiger charge is 2.27. The zero-order valence-corrected chi connectivity index (χ0v) is 11.6. The lowest BCUT2D eigenvalue weighted by Crippen LogP contribution is -2.39. The second-order valence-electron chi connectivity index (χ2n) is 3.95. The third-order valence-electron chi connectivity index (χ3n) is 2.33. The molecule has 0 aliphatic heterocycles. The number of aliphatic hydroxyl groups is 1. The molecule has 0 amide bonds. The van der Waals surface area contributed by atoms with E-state index in [0.29, 0.717) is 0 Å². The lowest BCUT2D eigenvalue weighted by molar-refractivity contribution is 0.236. The molecular formula is C10H15ClN2O4S. The smallest absolute Gasteiger partial charge is 0.266 e. The molecule has 102 valence electrons. The fourth-order valence-electron chi connectivity index (χ4n) is 1.48. The molecule has 0 aliphatic rings. The first kappa shape index (κ1) is 15.2. The number of aliphatic hydroxyl groups excluding tert-OH is 1. The van der Waals surface area contributed by atoms with Crippen molar-refractivity contribution in [2.45, 2.75) is 24.8 Å². The van der Waals surface area contributed by atoms with E-state index in [1.165, 1.54) is 0 Å². The fourth-order valence-corrected chi connectivity index (χ4v) is 3.34. The van der Waals surface area contributed by atoms with Crippen molar-refractivity contribution in [1.29, 1.82) is 0 Å². The van der Waals surface area contributed by atoms with Gasteiger partial charge in [-0.15, -0.1) is 0 Å². The minimum Gasteiger partial charge on any atom is -0.395 e. The van der Waals surface area contributed by atoms with Crippen molar-refractivity contribution in [3.05, 3.63) is 27.6 Å². The van der Waals surface area contributed by atoms with E-state index in [1.807, 2.05) is 0 Å². The lowest BCUT2D eigenvalue weighted by atomic mass is 10.4. The Balaban J connectivity index is 3.26. The first-order valence-electron chi connectivity index (χ1n) is 5.31. The summed E-state index contributed by atoms with van der Waals surface area (Å²) >= 11 is 5.61. The predicted molar refractivity (Wildman–Crippen MR) is 68.2 cm³/mol. The number of sulfonamides is 1. The van der Waals surface area contributed by atoms with Crippen LogP contribution in [0.1, 0.15) is 13.8 Å². The van der Waals surface area contributed by atoms with Gasteiger partial charge in [0, 0.05) is 18.8 Å². The molecule has 1 aromatic rings. The van der Waals surface area contributed by atoms with Gasteiger partial charge < -0.3 is 10.1 Å². The number of rotatable bonds is 5. The number of H-pyrrole nitrogens is 1. The number of nitrogens with one attached hydrogen (secondary N) is 1. The van der Waals surface area contributed by atoms with Gasteiger partial charge in [0.2, 0.25) is 10.0 Å². The Labute approximate surface area is 110 Å². The number of aromatic amines is 1. The van der Waals surface area contributed by atoms with Crippen LogP contribution in [-0.2, 0) is 10.0 Å². The van der Waals surface area contributed by atoms with E-state index in [2.05, 4.69) is 4.98 Å². The highest BCUT2D eigenvalue weighted by molar-refractivity contribution is 7.89. The summed E-state index contributed by atoms with van der Waals surface area (Å²) in [4.78, 5) is 13.2. The van der Waals surface area contributed by atoms with Crippen LogP contribution in [0.25, 0.3) is 0 Å². The Morgan fingerprint density at radius 3 is 2.56 bits per heavy atom. The average molecular weight is 295 g/mol. The van der Waals surface area contributed by atoms with Gasteiger partial charge >= 0.3 is 0 Å². The molecular weight excluding hydrogens is 280 g/mol. The summed E-state index contributed by atoms with van der Waals surface area (Å²) in [7, 11) is -3.78. The van der Waals surface area contributed by atoms with E-state index < -0.39 is 15.6 Å². The molecule has 0 aromatic carbocycles. The molecule has 1 heterocycles. The van der Waals surface area contributed by atoms with Gasteiger partial charge in [0.1, 0.15) is 5.02 Å². The highest BCUT2D eigenvalue weighted by Crippen LogP contribution is 2.18. The maximum absolute atomic E-state index is 12.3. The van der Waals surface area contributed by atoms with E-state index in [4.69, 9.17) is 16.7 Å². The normalized spacial score (nSPS) is 12.3. The third-order valence-corrected chi connectivity index (χ3v) is 4.67. The Bertz CT molecular complexity index is 567. The van der Waals surface area contributed by atoms with Crippen molar-refractivity contribution in [1.82, 2.24) is 9.29 Å². The van der Waals surface area contributed by atoms with Gasteiger partial charge in [0.05, 0.1) is 11.5 Å². The molecule has 0 unspecified atom stereocenters. The maximum Gasteiger partial charge on any atom is 0.266 e. The summed E-state index contributed by atoms with van der Waals surface area (Å²) in [6.45, 7) is 3.09. The molecule has 18 heavy (non-hydrogen) atoms. The van der Waals surface area contributed by atoms with Crippen LogP contribution < -0.4 is 5.56 Å². The van der Waals surface area contributed by atoms with Crippen molar-refractivity contribution in [2.24, 2.45) is 0 Å². The molecule has 8 heteroatoms. The summed E-state index contributed by atoms with van der Waals surface area (Å²) < 4.78 is 25.7. The van der Waals surface area contributed by atoms with Crippen LogP contribution in [0.4, 0.5) is 0 Å². The minimum absolute atomic E-state index is 0.0171. The summed E-state index contributed by atoms with van der Waals surface area (Å²) in [5.74, 6) is 0. The Morgan fingerprint density at radius 2 is 2.11 bits per heavy atom. The predicted octanol–water partition coefficient (Wildman–Crippen LogP) is 0.420. The summed E-state index contributed by atoms with van der Waals surface area (Å²) in [5.41, 5.74) is -0.547. The highest BCUT2D eigenvalue weighted by atomic mass is 35.5. The standard InChI is InChI=1S/C10H15ClN2O4S/c1-7(2)13(3-4-14)18(16,17)8-5-9(11)10(15)12-6-8/h5-7,14H,3-4H2,1-2H3,(H,12,15). The molecule has 0 aliphatic carbocycles. The van der Waals surface area contributed by atoms with Crippen LogP contribution in [0.15, 0.2) is 22.0 Å². The van der Waals surface area contributed by atoms with E-state index in [1.54, 1.807) is 13.8 Å². The largest absolute Gasteiger partial charge is 0.395 e. The quantitative estimate of drug-likeness (QED) is 0.823. The topological polar surface area (TPSA) is 90.5 Å². The molecule has 0 atom stereocenters. The lowest BCUT2D eigenvalue weighted by Gasteiger charge is -2.24. The number of hydrogen-bond donors (Lipinski definition) is 2. The second-order valence-corrected chi connectivity index (χ2v) is 6.24. The number of aromatic nitrogens is 1. The molecule has 0 bridgehead atoms. The van der Waals surface area contributed by atoms with Crippen LogP contribution in [0.3, 0.4) is 0 Å². The van der Waals surface area contributed by atoms with Crippen LogP contribution in [0.2, 0.25) is 5.02 Å². The summed E-state index contributed by atoms with van der Waals surface area (Å²) in [6, 6.07) is 0.788. The minimum atomic E-state index is -3.78. The number of hydrogen-bond acceptors (Lipinski definition) is 4. The fraction of sp³-hybridized carbons (Fsp3) is 0.500. The molecule has 0 spiro atoms. The van der Waals surface area contributed by atoms with Gasteiger partial charge in [-0.05, 0) is 19.9 Å². The van der Waals surface area contributed by atoms with E-state index in [-0.39, 0.29) is 29.1 Å². The second kappa shape index (κ2) is 5.83. The molecule has 1 rings (SSSR count). The number of halogens is 1. The van der Waals surface area contributed by atoms with Crippen LogP contribution in [0, 0.1) is 0 Å². The maximum atomic E-state index is 12.3. The van der Waals surface area contributed by atoms with Crippen molar-refractivity contribution < 1.29 is 13.5 Å². The summed E-state index contributed by atoms with van der Waals surface area (Å²) in [5, 5.41) is 8.71. The average Bonchev–Trinajstić information content (AvgIpc) is 2.28. The van der Waals surface area contributed by atoms with E-state index in [9.17, 15) is 13.2 Å². The molecule has 0 radical (unpaired) electrons. The van der Waals surface area contributed by atoms with Gasteiger partial charge in [-0.2, -0.15) is 4.31 Å². The third kappa shape index (κ3) is 3.11. The Kier molecular flexibility index (Phi) is 4.92. The van der Waals surface area contributed by atoms with Gasteiger partial charge in [-0.25, -0.2) is 8.42 Å². The van der Waals surface area contributed by atoms with Crippen molar-refractivity contribution in [3.63, 3.8) is 0 Å². The van der Waals surface area contributed by atoms with E-state index in [0.717, 1.165) is 16.6 Å². The zero-order chi connectivity index (χ0) is 13.9. The van der Waals surface area contributed by atoms with Crippen LogP contribution in [-0.4, -0.2) is 42.0 Å². The monoisotopic (exact) mass is 294 g/mol. The van der Waals surface area contributed by atoms with Crippen LogP contribution in [0.5, 0.6) is 0 Å².